The van der Waals surface area contributed by atoms with E-state index in [1.54, 1.807) is 11.8 Å². The van der Waals surface area contributed by atoms with Crippen LogP contribution in [0.25, 0.3) is 0 Å². The first-order valence-corrected chi connectivity index (χ1v) is 12.4. The molecule has 164 valence electrons. The lowest BCUT2D eigenvalue weighted by atomic mass is 10.0. The predicted molar refractivity (Wildman–Crippen MR) is 116 cm³/mol. The number of piperidine rings is 1. The number of carbonyl (C=O) groups is 2. The van der Waals surface area contributed by atoms with E-state index in [4.69, 9.17) is 23.2 Å². The van der Waals surface area contributed by atoms with Crippen LogP contribution in [0.15, 0.2) is 6.20 Å². The second kappa shape index (κ2) is 8.74. The first kappa shape index (κ1) is 22.9. The molecule has 30 heavy (non-hydrogen) atoms. The van der Waals surface area contributed by atoms with E-state index in [2.05, 4.69) is 20.0 Å². The number of thiazole rings is 1. The Hall–Kier alpha value is -1.82. The molecule has 2 N–H and O–H groups in total. The Kier molecular flexibility index (Phi) is 6.66. The highest BCUT2D eigenvalue weighted by Gasteiger charge is 2.38. The van der Waals surface area contributed by atoms with Crippen LogP contribution in [0.3, 0.4) is 0 Å². The van der Waals surface area contributed by atoms with E-state index < -0.39 is 33.0 Å². The lowest BCUT2D eigenvalue weighted by Crippen LogP contribution is -2.57. The summed E-state index contributed by atoms with van der Waals surface area (Å²) in [5.41, 5.74) is 0.642. The molecule has 3 heterocycles. The minimum absolute atomic E-state index is 0.0940. The monoisotopic (exact) mass is 494 g/mol. The Labute approximate surface area is 187 Å². The number of ether oxygens (including phenoxy) is 1. The Morgan fingerprint density at radius 3 is 2.63 bits per heavy atom. The Balaban J connectivity index is 1.79. The van der Waals surface area contributed by atoms with Crippen LogP contribution in [0.5, 0.6) is 0 Å². The van der Waals surface area contributed by atoms with Crippen LogP contribution in [-0.2, 0) is 14.6 Å². The molecular weight excluding hydrogens is 475 g/mol. The summed E-state index contributed by atoms with van der Waals surface area (Å²) in [6, 6.07) is -0.623. The molecule has 1 saturated heterocycles. The molecule has 0 bridgehead atoms. The van der Waals surface area contributed by atoms with Gasteiger partial charge in [-0.25, -0.2) is 18.2 Å². The largest absolute Gasteiger partial charge is 0.465 e. The van der Waals surface area contributed by atoms with Crippen molar-refractivity contribution in [3.05, 3.63) is 32.5 Å². The lowest BCUT2D eigenvalue weighted by Gasteiger charge is -2.37. The molecule has 1 fully saturated rings. The SMILES string of the molecule is COC(=O)c1cnc(N2CC[C@@H](NC(=O)c3[nH]c(C)c(Cl)c3Cl)[C@@H](S(C)(=O)=O)C2)s1. The van der Waals surface area contributed by atoms with E-state index in [1.165, 1.54) is 13.3 Å². The second-order valence-electron chi connectivity index (χ2n) is 6.93. The number of H-pyrrole nitrogens is 1. The highest BCUT2D eigenvalue weighted by Crippen LogP contribution is 2.30. The zero-order chi connectivity index (χ0) is 22.2. The summed E-state index contributed by atoms with van der Waals surface area (Å²) in [5.74, 6) is -1.03. The molecule has 0 aromatic carbocycles. The van der Waals surface area contributed by atoms with Crippen LogP contribution in [0.1, 0.15) is 32.3 Å². The van der Waals surface area contributed by atoms with Gasteiger partial charge in [0, 0.05) is 31.1 Å². The molecule has 3 rings (SSSR count). The van der Waals surface area contributed by atoms with Crippen LogP contribution in [0, 0.1) is 6.92 Å². The number of aryl methyl sites for hydroxylation is 1. The molecule has 1 aliphatic rings. The van der Waals surface area contributed by atoms with Gasteiger partial charge in [0.1, 0.15) is 10.6 Å². The highest BCUT2D eigenvalue weighted by molar-refractivity contribution is 7.91. The quantitative estimate of drug-likeness (QED) is 0.611. The molecule has 9 nitrogen and oxygen atoms in total. The maximum absolute atomic E-state index is 12.7. The topological polar surface area (TPSA) is 121 Å². The average molecular weight is 495 g/mol. The highest BCUT2D eigenvalue weighted by atomic mass is 35.5. The summed E-state index contributed by atoms with van der Waals surface area (Å²) in [6.45, 7) is 2.25. The molecule has 0 saturated carbocycles. The van der Waals surface area contributed by atoms with E-state index in [1.807, 2.05) is 0 Å². The second-order valence-corrected chi connectivity index (χ2v) is 11.0. The van der Waals surface area contributed by atoms with Gasteiger partial charge in [0.25, 0.3) is 5.91 Å². The molecule has 0 spiro atoms. The zero-order valence-electron chi connectivity index (χ0n) is 16.4. The summed E-state index contributed by atoms with van der Waals surface area (Å²) < 4.78 is 29.6. The van der Waals surface area contributed by atoms with Crippen molar-refractivity contribution in [2.75, 3.05) is 31.4 Å². The molecule has 0 unspecified atom stereocenters. The van der Waals surface area contributed by atoms with Crippen molar-refractivity contribution in [2.24, 2.45) is 0 Å². The molecule has 0 aliphatic carbocycles. The number of halogens is 2. The molecule has 13 heteroatoms. The van der Waals surface area contributed by atoms with Crippen LogP contribution < -0.4 is 10.2 Å². The Bertz CT molecular complexity index is 1080. The van der Waals surface area contributed by atoms with E-state index in [0.717, 1.165) is 17.6 Å². The summed E-state index contributed by atoms with van der Waals surface area (Å²) in [5, 5.41) is 2.76. The normalized spacial score (nSPS) is 19.6. The third-order valence-electron chi connectivity index (χ3n) is 4.86. The van der Waals surface area contributed by atoms with Gasteiger partial charge in [0.05, 0.1) is 28.6 Å². The fraction of sp³-hybridized carbons (Fsp3) is 0.471. The first-order valence-electron chi connectivity index (χ1n) is 8.85. The summed E-state index contributed by atoms with van der Waals surface area (Å²) in [4.78, 5) is 33.5. The maximum atomic E-state index is 12.7. The number of methoxy groups -OCH3 is 1. The number of anilines is 1. The molecule has 2 aromatic rings. The Morgan fingerprint density at radius 2 is 2.07 bits per heavy atom. The summed E-state index contributed by atoms with van der Waals surface area (Å²) in [7, 11) is -2.23. The minimum atomic E-state index is -3.51. The van der Waals surface area contributed by atoms with Crippen molar-refractivity contribution < 1.29 is 22.7 Å². The van der Waals surface area contributed by atoms with E-state index >= 15 is 0 Å². The fourth-order valence-electron chi connectivity index (χ4n) is 3.26. The number of carbonyl (C=O) groups excluding carboxylic acids is 2. The third-order valence-corrected chi connectivity index (χ3v) is 8.42. The van der Waals surface area contributed by atoms with Crippen molar-refractivity contribution in [3.8, 4) is 0 Å². The van der Waals surface area contributed by atoms with Gasteiger partial charge < -0.3 is 19.9 Å². The number of hydrogen-bond donors (Lipinski definition) is 2. The van der Waals surface area contributed by atoms with Gasteiger partial charge in [-0.05, 0) is 13.3 Å². The summed E-state index contributed by atoms with van der Waals surface area (Å²) >= 11 is 13.2. The molecule has 0 radical (unpaired) electrons. The Morgan fingerprint density at radius 1 is 1.37 bits per heavy atom. The van der Waals surface area contributed by atoms with Crippen molar-refractivity contribution in [1.82, 2.24) is 15.3 Å². The van der Waals surface area contributed by atoms with Crippen LogP contribution >= 0.6 is 34.5 Å². The first-order chi connectivity index (χ1) is 14.0. The number of amides is 1. The minimum Gasteiger partial charge on any atom is -0.465 e. The van der Waals surface area contributed by atoms with Crippen molar-refractivity contribution in [1.29, 1.82) is 0 Å². The van der Waals surface area contributed by atoms with Gasteiger partial charge in [0.2, 0.25) is 0 Å². The number of aromatic amines is 1. The molecule has 1 amide bonds. The standard InChI is InChI=1S/C17H20Cl2N4O5S2/c1-8-12(18)13(19)14(21-8)15(24)22-9-4-5-23(7-11(9)30(3,26)27)17-20-6-10(29-17)16(25)28-2/h6,9,11,21H,4-5,7H2,1-3H3,(H,22,24)/t9-,11+/m1/s1. The number of nitrogens with zero attached hydrogens (tertiary/aromatic N) is 2. The fourth-order valence-corrected chi connectivity index (χ4v) is 5.80. The number of nitrogens with one attached hydrogen (secondary N) is 2. The van der Waals surface area contributed by atoms with Crippen LogP contribution in [0.2, 0.25) is 10.0 Å². The number of esters is 1. The maximum Gasteiger partial charge on any atom is 0.349 e. The van der Waals surface area contributed by atoms with Crippen molar-refractivity contribution >= 4 is 61.4 Å². The van der Waals surface area contributed by atoms with E-state index in [9.17, 15) is 18.0 Å². The number of aromatic nitrogens is 2. The van der Waals surface area contributed by atoms with Gasteiger partial charge in [-0.1, -0.05) is 34.5 Å². The van der Waals surface area contributed by atoms with Crippen LogP contribution in [-0.4, -0.2) is 68.0 Å². The molecule has 1 aliphatic heterocycles. The third kappa shape index (κ3) is 4.58. The van der Waals surface area contributed by atoms with Crippen molar-refractivity contribution in [2.45, 2.75) is 24.6 Å². The van der Waals surface area contributed by atoms with Gasteiger partial charge >= 0.3 is 5.97 Å². The molecule has 2 atom stereocenters. The van der Waals surface area contributed by atoms with Crippen LogP contribution in [0.4, 0.5) is 5.13 Å². The predicted octanol–water partition coefficient (Wildman–Crippen LogP) is 2.29. The number of sulfone groups is 1. The number of hydrogen-bond acceptors (Lipinski definition) is 8. The smallest absolute Gasteiger partial charge is 0.349 e. The van der Waals surface area contributed by atoms with Gasteiger partial charge in [-0.3, -0.25) is 4.79 Å². The van der Waals surface area contributed by atoms with Crippen molar-refractivity contribution in [3.63, 3.8) is 0 Å². The zero-order valence-corrected chi connectivity index (χ0v) is 19.5. The molecule has 2 aromatic heterocycles. The molecular formula is C17H20Cl2N4O5S2. The lowest BCUT2D eigenvalue weighted by molar-refractivity contribution is 0.0605. The van der Waals surface area contributed by atoms with Gasteiger partial charge in [0.15, 0.2) is 15.0 Å². The van der Waals surface area contributed by atoms with Gasteiger partial charge in [-0.15, -0.1) is 0 Å². The van der Waals surface area contributed by atoms with Gasteiger partial charge in [-0.2, -0.15) is 0 Å². The van der Waals surface area contributed by atoms with E-state index in [-0.39, 0.29) is 22.3 Å². The number of rotatable bonds is 5. The van der Waals surface area contributed by atoms with E-state index in [0.29, 0.717) is 28.7 Å². The average Bonchev–Trinajstić information content (AvgIpc) is 3.28. The summed E-state index contributed by atoms with van der Waals surface area (Å²) in [6.07, 6.45) is 2.89.